The summed E-state index contributed by atoms with van der Waals surface area (Å²) in [6.07, 6.45) is -2.99. The van der Waals surface area contributed by atoms with Crippen molar-refractivity contribution in [3.05, 3.63) is 29.8 Å². The van der Waals surface area contributed by atoms with Gasteiger partial charge in [-0.15, -0.1) is 0 Å². The molecule has 3 amide bonds. The van der Waals surface area contributed by atoms with Crippen LogP contribution in [0.5, 0.6) is 0 Å². The van der Waals surface area contributed by atoms with E-state index >= 15 is 0 Å². The summed E-state index contributed by atoms with van der Waals surface area (Å²) in [6, 6.07) is 5.36. The SMILES string of the molecule is COC(=O)CCCNC(=O)C1(O)CC(O)C(O)C(NC(=O)Nc2ccc(C)cc2)C1. The van der Waals surface area contributed by atoms with Crippen LogP contribution in [0.25, 0.3) is 0 Å². The Balaban J connectivity index is 1.94. The quantitative estimate of drug-likeness (QED) is 0.262. The maximum atomic E-state index is 12.4. The number of urea groups is 1. The lowest BCUT2D eigenvalue weighted by molar-refractivity contribution is -0.157. The first-order valence-electron chi connectivity index (χ1n) is 9.72. The maximum Gasteiger partial charge on any atom is 0.319 e. The van der Waals surface area contributed by atoms with Gasteiger partial charge in [-0.3, -0.25) is 9.59 Å². The monoisotopic (exact) mass is 423 g/mol. The lowest BCUT2D eigenvalue weighted by Crippen LogP contribution is -2.63. The number of methoxy groups -OCH3 is 1. The fourth-order valence-corrected chi connectivity index (χ4v) is 3.30. The van der Waals surface area contributed by atoms with Crippen molar-refractivity contribution in [2.24, 2.45) is 0 Å². The van der Waals surface area contributed by atoms with Crippen LogP contribution in [0.3, 0.4) is 0 Å². The van der Waals surface area contributed by atoms with Gasteiger partial charge in [-0.1, -0.05) is 17.7 Å². The van der Waals surface area contributed by atoms with Gasteiger partial charge in [0, 0.05) is 31.5 Å². The number of aryl methyl sites for hydroxylation is 1. The smallest absolute Gasteiger partial charge is 0.319 e. The Morgan fingerprint density at radius 1 is 1.17 bits per heavy atom. The average molecular weight is 423 g/mol. The highest BCUT2D eigenvalue weighted by Gasteiger charge is 2.49. The number of aliphatic hydroxyl groups excluding tert-OH is 2. The highest BCUT2D eigenvalue weighted by Crippen LogP contribution is 2.29. The number of hydrogen-bond acceptors (Lipinski definition) is 7. The van der Waals surface area contributed by atoms with E-state index in [1.807, 2.05) is 19.1 Å². The molecule has 4 atom stereocenters. The van der Waals surface area contributed by atoms with Crippen LogP contribution in [0, 0.1) is 6.92 Å². The summed E-state index contributed by atoms with van der Waals surface area (Å²) in [4.78, 5) is 35.8. The van der Waals surface area contributed by atoms with Crippen molar-refractivity contribution in [2.45, 2.75) is 56.5 Å². The molecule has 1 aliphatic rings. The Morgan fingerprint density at radius 3 is 2.47 bits per heavy atom. The minimum atomic E-state index is -1.98. The van der Waals surface area contributed by atoms with Gasteiger partial charge in [-0.2, -0.15) is 0 Å². The number of carbonyl (C=O) groups is 3. The van der Waals surface area contributed by atoms with Crippen LogP contribution in [0.1, 0.15) is 31.2 Å². The molecule has 1 aromatic carbocycles. The van der Waals surface area contributed by atoms with E-state index in [2.05, 4.69) is 20.7 Å². The van der Waals surface area contributed by atoms with Crippen LogP contribution in [-0.2, 0) is 14.3 Å². The van der Waals surface area contributed by atoms with Gasteiger partial charge in [0.2, 0.25) is 0 Å². The number of esters is 1. The van der Waals surface area contributed by atoms with Crippen LogP contribution in [0.15, 0.2) is 24.3 Å². The number of carbonyl (C=O) groups excluding carboxylic acids is 3. The average Bonchev–Trinajstić information content (AvgIpc) is 2.70. The molecule has 6 N–H and O–H groups in total. The van der Waals surface area contributed by atoms with Gasteiger partial charge < -0.3 is 36.0 Å². The molecular formula is C20H29N3O7. The van der Waals surface area contributed by atoms with Crippen molar-refractivity contribution in [1.29, 1.82) is 0 Å². The lowest BCUT2D eigenvalue weighted by Gasteiger charge is -2.41. The third kappa shape index (κ3) is 6.41. The fourth-order valence-electron chi connectivity index (χ4n) is 3.30. The maximum absolute atomic E-state index is 12.4. The summed E-state index contributed by atoms with van der Waals surface area (Å²) >= 11 is 0. The molecule has 0 heterocycles. The van der Waals surface area contributed by atoms with E-state index in [0.717, 1.165) is 5.56 Å². The summed E-state index contributed by atoms with van der Waals surface area (Å²) in [6.45, 7) is 2.03. The van der Waals surface area contributed by atoms with Gasteiger partial charge in [0.15, 0.2) is 0 Å². The van der Waals surface area contributed by atoms with Crippen LogP contribution >= 0.6 is 0 Å². The molecule has 1 saturated carbocycles. The first kappa shape index (κ1) is 23.6. The molecule has 166 valence electrons. The zero-order chi connectivity index (χ0) is 22.3. The molecule has 1 aromatic rings. The minimum absolute atomic E-state index is 0.111. The first-order chi connectivity index (χ1) is 14.1. The van der Waals surface area contributed by atoms with Gasteiger partial charge in [-0.05, 0) is 25.5 Å². The zero-order valence-electron chi connectivity index (χ0n) is 17.1. The highest BCUT2D eigenvalue weighted by molar-refractivity contribution is 5.90. The number of aliphatic hydroxyl groups is 3. The summed E-state index contributed by atoms with van der Waals surface area (Å²) in [5.74, 6) is -1.16. The topological polar surface area (TPSA) is 157 Å². The van der Waals surface area contributed by atoms with Crippen molar-refractivity contribution < 1.29 is 34.4 Å². The third-order valence-electron chi connectivity index (χ3n) is 5.03. The van der Waals surface area contributed by atoms with Gasteiger partial charge in [0.1, 0.15) is 11.7 Å². The molecule has 4 unspecified atom stereocenters. The van der Waals surface area contributed by atoms with E-state index in [4.69, 9.17) is 0 Å². The second kappa shape index (κ2) is 10.4. The molecular weight excluding hydrogens is 394 g/mol. The normalized spacial score (nSPS) is 25.8. The molecule has 10 nitrogen and oxygen atoms in total. The number of rotatable bonds is 7. The predicted octanol–water partition coefficient (Wildman–Crippen LogP) is -0.199. The van der Waals surface area contributed by atoms with E-state index in [1.165, 1.54) is 7.11 Å². The second-order valence-electron chi connectivity index (χ2n) is 7.50. The number of nitrogens with one attached hydrogen (secondary N) is 3. The highest BCUT2D eigenvalue weighted by atomic mass is 16.5. The predicted molar refractivity (Wildman–Crippen MR) is 108 cm³/mol. The molecule has 0 aromatic heterocycles. The van der Waals surface area contributed by atoms with Crippen LogP contribution in [0.2, 0.25) is 0 Å². The minimum Gasteiger partial charge on any atom is -0.469 e. The summed E-state index contributed by atoms with van der Waals surface area (Å²) in [7, 11) is 1.26. The fraction of sp³-hybridized carbons (Fsp3) is 0.550. The summed E-state index contributed by atoms with van der Waals surface area (Å²) in [5, 5.41) is 38.7. The number of benzene rings is 1. The van der Waals surface area contributed by atoms with Gasteiger partial charge >= 0.3 is 12.0 Å². The van der Waals surface area contributed by atoms with Crippen molar-refractivity contribution in [3.8, 4) is 0 Å². The number of anilines is 1. The van der Waals surface area contributed by atoms with Crippen LogP contribution < -0.4 is 16.0 Å². The van der Waals surface area contributed by atoms with Crippen LogP contribution in [-0.4, -0.2) is 70.7 Å². The van der Waals surface area contributed by atoms with Crippen LogP contribution in [0.4, 0.5) is 10.5 Å². The van der Waals surface area contributed by atoms with Gasteiger partial charge in [0.05, 0.1) is 19.3 Å². The first-order valence-corrected chi connectivity index (χ1v) is 9.72. The molecule has 0 spiro atoms. The number of hydrogen-bond donors (Lipinski definition) is 6. The van der Waals surface area contributed by atoms with Crippen molar-refractivity contribution in [3.63, 3.8) is 0 Å². The third-order valence-corrected chi connectivity index (χ3v) is 5.03. The van der Waals surface area contributed by atoms with E-state index < -0.39 is 41.8 Å². The summed E-state index contributed by atoms with van der Waals surface area (Å²) in [5.41, 5.74) is -0.428. The standard InChI is InChI=1S/C20H29N3O7/c1-12-5-7-13(8-6-12)22-19(28)23-14-10-20(29,11-15(24)17(14)26)18(27)21-9-3-4-16(25)30-2/h5-8,14-15,17,24,26,29H,3-4,9-11H2,1-2H3,(H,21,27)(H2,22,23,28). The zero-order valence-corrected chi connectivity index (χ0v) is 17.1. The molecule has 2 rings (SSSR count). The molecule has 30 heavy (non-hydrogen) atoms. The molecule has 1 aliphatic carbocycles. The van der Waals surface area contributed by atoms with E-state index in [-0.39, 0.29) is 25.8 Å². The van der Waals surface area contributed by atoms with Crippen molar-refractivity contribution in [2.75, 3.05) is 19.0 Å². The Morgan fingerprint density at radius 2 is 1.83 bits per heavy atom. The molecule has 10 heteroatoms. The van der Waals surface area contributed by atoms with E-state index in [1.54, 1.807) is 12.1 Å². The van der Waals surface area contributed by atoms with Crippen molar-refractivity contribution >= 4 is 23.6 Å². The molecule has 0 radical (unpaired) electrons. The number of amides is 3. The Hall–Kier alpha value is -2.69. The molecule has 0 saturated heterocycles. The van der Waals surface area contributed by atoms with Crippen molar-refractivity contribution in [1.82, 2.24) is 10.6 Å². The Kier molecular flexibility index (Phi) is 8.16. The second-order valence-corrected chi connectivity index (χ2v) is 7.50. The molecule has 0 bridgehead atoms. The van der Waals surface area contributed by atoms with Gasteiger partial charge in [0.25, 0.3) is 5.91 Å². The lowest BCUT2D eigenvalue weighted by atomic mass is 9.77. The van der Waals surface area contributed by atoms with Gasteiger partial charge in [-0.25, -0.2) is 4.79 Å². The molecule has 0 aliphatic heterocycles. The Labute approximate surface area is 174 Å². The number of ether oxygens (including phenoxy) is 1. The van der Waals surface area contributed by atoms with E-state index in [9.17, 15) is 29.7 Å². The largest absolute Gasteiger partial charge is 0.469 e. The van der Waals surface area contributed by atoms with E-state index in [0.29, 0.717) is 12.1 Å². The molecule has 1 fully saturated rings. The summed E-state index contributed by atoms with van der Waals surface area (Å²) < 4.78 is 4.51. The Bertz CT molecular complexity index is 755.